The summed E-state index contributed by atoms with van der Waals surface area (Å²) >= 11 is 5.91. The van der Waals surface area contributed by atoms with Gasteiger partial charge < -0.3 is 15.2 Å². The van der Waals surface area contributed by atoms with Crippen LogP contribution in [-0.2, 0) is 13.5 Å². The number of amides is 1. The molecule has 0 radical (unpaired) electrons. The molecule has 7 nitrogen and oxygen atoms in total. The quantitative estimate of drug-likeness (QED) is 0.486. The lowest BCUT2D eigenvalue weighted by Gasteiger charge is -2.17. The molecule has 1 aromatic heterocycles. The normalized spacial score (nSPS) is 12.0. The van der Waals surface area contributed by atoms with Gasteiger partial charge >= 0.3 is 5.97 Å². The van der Waals surface area contributed by atoms with Crippen LogP contribution in [0.4, 0.5) is 8.78 Å². The van der Waals surface area contributed by atoms with Crippen molar-refractivity contribution in [1.29, 1.82) is 0 Å². The summed E-state index contributed by atoms with van der Waals surface area (Å²) in [5.41, 5.74) is 0.808. The van der Waals surface area contributed by atoms with Crippen LogP contribution in [0.3, 0.4) is 0 Å². The fourth-order valence-electron chi connectivity index (χ4n) is 3.52. The Balaban J connectivity index is 1.92. The number of benzene rings is 2. The maximum atomic E-state index is 13.8. The van der Waals surface area contributed by atoms with E-state index in [1.807, 2.05) is 0 Å². The average molecular weight is 478 g/mol. The molecule has 174 valence electrons. The highest BCUT2D eigenvalue weighted by molar-refractivity contribution is 6.30. The highest BCUT2D eigenvalue weighted by Gasteiger charge is 2.29. The number of carboxylic acid groups (broad SMARTS) is 1. The largest absolute Gasteiger partial charge is 0.496 e. The summed E-state index contributed by atoms with van der Waals surface area (Å²) in [5.74, 6) is -1.74. The molecule has 0 aliphatic rings. The van der Waals surface area contributed by atoms with Crippen LogP contribution in [-0.4, -0.2) is 33.9 Å². The van der Waals surface area contributed by atoms with Crippen LogP contribution in [0.5, 0.6) is 5.75 Å². The summed E-state index contributed by atoms with van der Waals surface area (Å²) in [5, 5.41) is 16.6. The first kappa shape index (κ1) is 24.2. The molecule has 1 atom stereocenters. The maximum absolute atomic E-state index is 13.8. The third-order valence-corrected chi connectivity index (χ3v) is 5.44. The number of alkyl halides is 2. The Kier molecular flexibility index (Phi) is 7.33. The van der Waals surface area contributed by atoms with Crippen molar-refractivity contribution in [3.8, 4) is 5.75 Å². The second-order valence-electron chi connectivity index (χ2n) is 7.39. The molecule has 2 aromatic carbocycles. The summed E-state index contributed by atoms with van der Waals surface area (Å²) in [6.45, 7) is 1.66. The molecule has 0 saturated heterocycles. The van der Waals surface area contributed by atoms with Gasteiger partial charge in [-0.15, -0.1) is 0 Å². The van der Waals surface area contributed by atoms with Crippen LogP contribution in [0, 0.1) is 0 Å². The molecule has 3 aromatic rings. The molecule has 0 saturated carbocycles. The number of aryl methyl sites for hydroxylation is 1. The molecule has 2 N–H and O–H groups in total. The Hall–Kier alpha value is -3.46. The number of carboxylic acids is 1. The van der Waals surface area contributed by atoms with E-state index in [1.54, 1.807) is 31.2 Å². The SMILES string of the molecule is COc1cc(C(C)NC(=O)c2c(Cc3ccc(Cl)cc3)nn(C)c2C(F)F)ccc1C(=O)O. The van der Waals surface area contributed by atoms with Gasteiger partial charge in [0.1, 0.15) is 17.0 Å². The zero-order valence-electron chi connectivity index (χ0n) is 18.1. The van der Waals surface area contributed by atoms with E-state index in [0.29, 0.717) is 10.6 Å². The monoisotopic (exact) mass is 477 g/mol. The lowest BCUT2D eigenvalue weighted by molar-refractivity contribution is 0.0692. The summed E-state index contributed by atoms with van der Waals surface area (Å²) in [4.78, 5) is 24.4. The molecule has 0 spiro atoms. The number of halogens is 3. The lowest BCUT2D eigenvalue weighted by atomic mass is 10.0. The topological polar surface area (TPSA) is 93.5 Å². The van der Waals surface area contributed by atoms with Gasteiger partial charge in [0.2, 0.25) is 0 Å². The first-order valence-electron chi connectivity index (χ1n) is 9.92. The Labute approximate surface area is 193 Å². The van der Waals surface area contributed by atoms with Gasteiger partial charge in [-0.05, 0) is 42.3 Å². The molecule has 1 unspecified atom stereocenters. The number of rotatable bonds is 8. The van der Waals surface area contributed by atoms with E-state index in [1.165, 1.54) is 32.4 Å². The Morgan fingerprint density at radius 3 is 2.45 bits per heavy atom. The van der Waals surface area contributed by atoms with E-state index < -0.39 is 30.0 Å². The fraction of sp³-hybridized carbons (Fsp3) is 0.261. The standard InChI is InChI=1S/C23H22ClF2N3O4/c1-12(14-6-9-16(23(31)32)18(11-14)33-3)27-22(30)19-17(28-29(2)20(19)21(25)26)10-13-4-7-15(24)8-5-13/h4-9,11-12,21H,10H2,1-3H3,(H,27,30)(H,31,32). The van der Waals surface area contributed by atoms with Crippen molar-refractivity contribution < 1.29 is 28.2 Å². The van der Waals surface area contributed by atoms with Crippen molar-refractivity contribution in [3.63, 3.8) is 0 Å². The predicted octanol–water partition coefficient (Wildman–Crippen LogP) is 4.80. The molecular weight excluding hydrogens is 456 g/mol. The van der Waals surface area contributed by atoms with Gasteiger partial charge in [-0.3, -0.25) is 9.48 Å². The molecular formula is C23H22ClF2N3O4. The summed E-state index contributed by atoms with van der Waals surface area (Å²) in [6.07, 6.45) is -2.75. The van der Waals surface area contributed by atoms with Crippen LogP contribution < -0.4 is 10.1 Å². The van der Waals surface area contributed by atoms with E-state index in [2.05, 4.69) is 10.4 Å². The minimum atomic E-state index is -2.91. The van der Waals surface area contributed by atoms with Crippen molar-refractivity contribution in [2.24, 2.45) is 7.05 Å². The molecule has 33 heavy (non-hydrogen) atoms. The lowest BCUT2D eigenvalue weighted by Crippen LogP contribution is -2.28. The number of hydrogen-bond donors (Lipinski definition) is 2. The van der Waals surface area contributed by atoms with Crippen molar-refractivity contribution >= 4 is 23.5 Å². The van der Waals surface area contributed by atoms with E-state index in [-0.39, 0.29) is 29.0 Å². The van der Waals surface area contributed by atoms with Gasteiger partial charge in [0, 0.05) is 18.5 Å². The summed E-state index contributed by atoms with van der Waals surface area (Å²) < 4.78 is 33.7. The van der Waals surface area contributed by atoms with Gasteiger partial charge in [0.25, 0.3) is 12.3 Å². The minimum Gasteiger partial charge on any atom is -0.496 e. The van der Waals surface area contributed by atoms with E-state index >= 15 is 0 Å². The van der Waals surface area contributed by atoms with Crippen molar-refractivity contribution in [3.05, 3.63) is 81.1 Å². The number of carbonyl (C=O) groups is 2. The van der Waals surface area contributed by atoms with Gasteiger partial charge in [-0.1, -0.05) is 29.8 Å². The summed E-state index contributed by atoms with van der Waals surface area (Å²) in [6, 6.07) is 10.6. The third kappa shape index (κ3) is 5.31. The fourth-order valence-corrected chi connectivity index (χ4v) is 3.64. The van der Waals surface area contributed by atoms with Crippen molar-refractivity contribution in [2.45, 2.75) is 25.8 Å². The number of nitrogens with one attached hydrogen (secondary N) is 1. The first-order valence-corrected chi connectivity index (χ1v) is 10.3. The van der Waals surface area contributed by atoms with Crippen LogP contribution in [0.2, 0.25) is 5.02 Å². The minimum absolute atomic E-state index is 0.0303. The predicted molar refractivity (Wildman–Crippen MR) is 118 cm³/mol. The molecule has 0 aliphatic heterocycles. The van der Waals surface area contributed by atoms with Crippen molar-refractivity contribution in [1.82, 2.24) is 15.1 Å². The number of aromatic nitrogens is 2. The number of carbonyl (C=O) groups excluding carboxylic acids is 1. The number of nitrogens with zero attached hydrogens (tertiary/aromatic N) is 2. The van der Waals surface area contributed by atoms with E-state index in [9.17, 15) is 23.5 Å². The van der Waals surface area contributed by atoms with Crippen LogP contribution in [0.15, 0.2) is 42.5 Å². The first-order chi connectivity index (χ1) is 15.6. The van der Waals surface area contributed by atoms with Gasteiger partial charge in [0.15, 0.2) is 0 Å². The van der Waals surface area contributed by atoms with E-state index in [0.717, 1.165) is 10.2 Å². The zero-order chi connectivity index (χ0) is 24.3. The molecule has 0 bridgehead atoms. The Bertz CT molecular complexity index is 1180. The molecule has 0 fully saturated rings. The van der Waals surface area contributed by atoms with E-state index in [4.69, 9.17) is 16.3 Å². The number of hydrogen-bond acceptors (Lipinski definition) is 4. The Morgan fingerprint density at radius 1 is 1.21 bits per heavy atom. The smallest absolute Gasteiger partial charge is 0.339 e. The van der Waals surface area contributed by atoms with Gasteiger partial charge in [-0.2, -0.15) is 5.10 Å². The van der Waals surface area contributed by atoms with Crippen LogP contribution >= 0.6 is 11.6 Å². The third-order valence-electron chi connectivity index (χ3n) is 5.19. The second kappa shape index (κ2) is 9.99. The highest BCUT2D eigenvalue weighted by atomic mass is 35.5. The van der Waals surface area contributed by atoms with Crippen LogP contribution in [0.1, 0.15) is 62.6 Å². The molecule has 0 aliphatic carbocycles. The average Bonchev–Trinajstić information content (AvgIpc) is 3.10. The molecule has 10 heteroatoms. The maximum Gasteiger partial charge on any atom is 0.339 e. The number of methoxy groups -OCH3 is 1. The van der Waals surface area contributed by atoms with Gasteiger partial charge in [-0.25, -0.2) is 13.6 Å². The zero-order valence-corrected chi connectivity index (χ0v) is 18.9. The second-order valence-corrected chi connectivity index (χ2v) is 7.83. The molecule has 1 heterocycles. The van der Waals surface area contributed by atoms with Crippen molar-refractivity contribution in [2.75, 3.05) is 7.11 Å². The molecule has 1 amide bonds. The Morgan fingerprint density at radius 2 is 1.88 bits per heavy atom. The number of aromatic carboxylic acids is 1. The summed E-state index contributed by atoms with van der Waals surface area (Å²) in [7, 11) is 2.70. The van der Waals surface area contributed by atoms with Crippen LogP contribution in [0.25, 0.3) is 0 Å². The highest BCUT2D eigenvalue weighted by Crippen LogP contribution is 2.29. The molecule has 3 rings (SSSR count). The number of ether oxygens (including phenoxy) is 1. The van der Waals surface area contributed by atoms with Gasteiger partial charge in [0.05, 0.1) is 24.4 Å².